The Labute approximate surface area is 207 Å². The van der Waals surface area contributed by atoms with Crippen molar-refractivity contribution in [1.82, 2.24) is 16.0 Å². The first-order valence-corrected chi connectivity index (χ1v) is 11.1. The van der Waals surface area contributed by atoms with E-state index in [0.29, 0.717) is 0 Å². The largest absolute Gasteiger partial charge is 0.481 e. The summed E-state index contributed by atoms with van der Waals surface area (Å²) in [4.78, 5) is 63.8. The summed E-state index contributed by atoms with van der Waals surface area (Å²) in [5.74, 6) is -5.38. The minimum atomic E-state index is -1.71. The quantitative estimate of drug-likeness (QED) is 0.0712. The Balaban J connectivity index is 2.82. The summed E-state index contributed by atoms with van der Waals surface area (Å²) in [6.07, 6.45) is -0.379. The lowest BCUT2D eigenvalue weighted by atomic mass is 10.1. The van der Waals surface area contributed by atoms with Gasteiger partial charge in [-0.15, -0.1) is 0 Å². The SMILES string of the molecule is CC(NC(=O)C(N)Cc1ccccc1)C(=O)NC(CCCN=C(N)N)C(=O)NC(CC(=O)O)C(=O)O. The third kappa shape index (κ3) is 11.3. The molecular formula is C22H33N7O7. The highest BCUT2D eigenvalue weighted by atomic mass is 16.4. The Morgan fingerprint density at radius 2 is 1.53 bits per heavy atom. The molecule has 4 atom stereocenters. The van der Waals surface area contributed by atoms with Gasteiger partial charge in [-0.3, -0.25) is 24.2 Å². The van der Waals surface area contributed by atoms with Gasteiger partial charge >= 0.3 is 11.9 Å². The van der Waals surface area contributed by atoms with Crippen LogP contribution in [-0.2, 0) is 30.4 Å². The maximum Gasteiger partial charge on any atom is 0.326 e. The number of rotatable bonds is 15. The Morgan fingerprint density at radius 1 is 0.917 bits per heavy atom. The number of carboxylic acid groups (broad SMARTS) is 2. The minimum absolute atomic E-state index is 0.00194. The molecule has 1 aromatic carbocycles. The molecule has 11 N–H and O–H groups in total. The summed E-state index contributed by atoms with van der Waals surface area (Å²) >= 11 is 0. The molecule has 4 unspecified atom stereocenters. The van der Waals surface area contributed by atoms with Crippen molar-refractivity contribution in [1.29, 1.82) is 0 Å². The number of nitrogens with zero attached hydrogens (tertiary/aromatic N) is 1. The molecule has 198 valence electrons. The summed E-state index contributed by atoms with van der Waals surface area (Å²) in [5.41, 5.74) is 17.3. The average Bonchev–Trinajstić information content (AvgIpc) is 2.80. The van der Waals surface area contributed by atoms with Gasteiger partial charge in [-0.2, -0.15) is 0 Å². The average molecular weight is 508 g/mol. The molecule has 1 aromatic rings. The van der Waals surface area contributed by atoms with Crippen LogP contribution in [0.2, 0.25) is 0 Å². The number of aliphatic carboxylic acids is 2. The smallest absolute Gasteiger partial charge is 0.326 e. The first kappa shape index (κ1) is 29.8. The Hall–Kier alpha value is -4.20. The standard InChI is InChI=1S/C22H33N7O7/c1-12(27-19(33)14(23)10-13-6-3-2-4-7-13)18(32)28-15(8-5-9-26-22(24)25)20(34)29-16(21(35)36)11-17(30)31/h2-4,6-7,12,14-16H,5,8-11,23H2,1H3,(H,27,33)(H,28,32)(H,29,34)(H,30,31)(H,35,36)(H4,24,25,26). The number of guanidine groups is 1. The lowest BCUT2D eigenvalue weighted by Crippen LogP contribution is -2.56. The molecule has 0 heterocycles. The van der Waals surface area contributed by atoms with E-state index in [1.54, 1.807) is 12.1 Å². The van der Waals surface area contributed by atoms with E-state index in [0.717, 1.165) is 5.56 Å². The molecule has 0 fully saturated rings. The maximum absolute atomic E-state index is 12.7. The van der Waals surface area contributed by atoms with E-state index >= 15 is 0 Å². The third-order valence-corrected chi connectivity index (χ3v) is 4.96. The molecule has 0 saturated heterocycles. The molecule has 14 heteroatoms. The number of benzene rings is 1. The van der Waals surface area contributed by atoms with Crippen molar-refractivity contribution in [3.05, 3.63) is 35.9 Å². The fourth-order valence-corrected chi connectivity index (χ4v) is 3.06. The molecule has 0 saturated carbocycles. The van der Waals surface area contributed by atoms with Gasteiger partial charge in [0.1, 0.15) is 18.1 Å². The van der Waals surface area contributed by atoms with E-state index < -0.39 is 60.2 Å². The molecule has 3 amide bonds. The van der Waals surface area contributed by atoms with E-state index in [-0.39, 0.29) is 31.8 Å². The van der Waals surface area contributed by atoms with Gasteiger partial charge in [-0.1, -0.05) is 30.3 Å². The Kier molecular flexibility index (Phi) is 12.4. The van der Waals surface area contributed by atoms with E-state index in [9.17, 15) is 29.1 Å². The molecule has 0 aliphatic rings. The molecular weight excluding hydrogens is 474 g/mol. The Bertz CT molecular complexity index is 951. The van der Waals surface area contributed by atoms with Crippen LogP contribution >= 0.6 is 0 Å². The fraction of sp³-hybridized carbons (Fsp3) is 0.455. The summed E-state index contributed by atoms with van der Waals surface area (Å²) in [5, 5.41) is 25.1. The predicted molar refractivity (Wildman–Crippen MR) is 129 cm³/mol. The highest BCUT2D eigenvalue weighted by Gasteiger charge is 2.29. The van der Waals surface area contributed by atoms with Crippen LogP contribution in [0.25, 0.3) is 0 Å². The van der Waals surface area contributed by atoms with Gasteiger partial charge in [0.15, 0.2) is 5.96 Å². The van der Waals surface area contributed by atoms with Crippen LogP contribution in [0.1, 0.15) is 31.7 Å². The monoisotopic (exact) mass is 507 g/mol. The molecule has 0 aliphatic heterocycles. The number of hydrogen-bond donors (Lipinski definition) is 8. The van der Waals surface area contributed by atoms with Crippen molar-refractivity contribution < 1.29 is 34.2 Å². The van der Waals surface area contributed by atoms with Gasteiger partial charge in [-0.25, -0.2) is 4.79 Å². The van der Waals surface area contributed by atoms with Gasteiger partial charge in [0.05, 0.1) is 12.5 Å². The molecule has 0 aliphatic carbocycles. The third-order valence-electron chi connectivity index (χ3n) is 4.96. The second-order valence-electron chi connectivity index (χ2n) is 8.03. The van der Waals surface area contributed by atoms with E-state index in [4.69, 9.17) is 22.3 Å². The zero-order valence-electron chi connectivity index (χ0n) is 19.8. The van der Waals surface area contributed by atoms with Crippen LogP contribution in [0.3, 0.4) is 0 Å². The highest BCUT2D eigenvalue weighted by Crippen LogP contribution is 2.04. The predicted octanol–water partition coefficient (Wildman–Crippen LogP) is -2.36. The van der Waals surface area contributed by atoms with Gasteiger partial charge < -0.3 is 43.4 Å². The number of carbonyl (C=O) groups is 5. The van der Waals surface area contributed by atoms with Crippen molar-refractivity contribution in [2.75, 3.05) is 6.54 Å². The summed E-state index contributed by atoms with van der Waals surface area (Å²) in [6.45, 7) is 1.52. The number of nitrogens with two attached hydrogens (primary N) is 3. The van der Waals surface area contributed by atoms with Crippen molar-refractivity contribution >= 4 is 35.6 Å². The zero-order chi connectivity index (χ0) is 27.3. The lowest BCUT2D eigenvalue weighted by Gasteiger charge is -2.23. The molecule has 0 spiro atoms. The van der Waals surface area contributed by atoms with E-state index in [1.807, 2.05) is 18.2 Å². The second-order valence-corrected chi connectivity index (χ2v) is 8.03. The summed E-state index contributed by atoms with van der Waals surface area (Å²) < 4.78 is 0. The van der Waals surface area contributed by atoms with Gasteiger partial charge in [0.2, 0.25) is 17.7 Å². The van der Waals surface area contributed by atoms with Crippen molar-refractivity contribution in [2.24, 2.45) is 22.2 Å². The number of aliphatic imine (C=N–C) groups is 1. The number of amides is 3. The van der Waals surface area contributed by atoms with Gasteiger partial charge in [0, 0.05) is 6.54 Å². The number of hydrogen-bond acceptors (Lipinski definition) is 7. The van der Waals surface area contributed by atoms with Crippen LogP contribution in [0.15, 0.2) is 35.3 Å². The van der Waals surface area contributed by atoms with Crippen LogP contribution in [-0.4, -0.2) is 76.5 Å². The Morgan fingerprint density at radius 3 is 2.08 bits per heavy atom. The first-order chi connectivity index (χ1) is 16.9. The van der Waals surface area contributed by atoms with Crippen LogP contribution in [0, 0.1) is 0 Å². The molecule has 0 radical (unpaired) electrons. The highest BCUT2D eigenvalue weighted by molar-refractivity contribution is 5.94. The number of carbonyl (C=O) groups excluding carboxylic acids is 3. The topological polar surface area (TPSA) is 252 Å². The zero-order valence-corrected chi connectivity index (χ0v) is 19.8. The van der Waals surface area contributed by atoms with Crippen molar-refractivity contribution in [3.8, 4) is 0 Å². The van der Waals surface area contributed by atoms with Crippen molar-refractivity contribution in [2.45, 2.75) is 56.8 Å². The first-order valence-electron chi connectivity index (χ1n) is 11.1. The van der Waals surface area contributed by atoms with Crippen LogP contribution < -0.4 is 33.2 Å². The van der Waals surface area contributed by atoms with E-state index in [2.05, 4.69) is 20.9 Å². The normalized spacial score (nSPS) is 13.8. The minimum Gasteiger partial charge on any atom is -0.481 e. The summed E-state index contributed by atoms with van der Waals surface area (Å²) in [7, 11) is 0. The van der Waals surface area contributed by atoms with Gasteiger partial charge in [0.25, 0.3) is 0 Å². The summed E-state index contributed by atoms with van der Waals surface area (Å²) in [6, 6.07) is 4.09. The second kappa shape index (κ2) is 14.9. The number of carboxylic acids is 2. The van der Waals surface area contributed by atoms with Crippen LogP contribution in [0.5, 0.6) is 0 Å². The van der Waals surface area contributed by atoms with Crippen LogP contribution in [0.4, 0.5) is 0 Å². The van der Waals surface area contributed by atoms with Gasteiger partial charge in [-0.05, 0) is 31.7 Å². The maximum atomic E-state index is 12.7. The number of nitrogens with one attached hydrogen (secondary N) is 3. The molecule has 0 bridgehead atoms. The lowest BCUT2D eigenvalue weighted by molar-refractivity contribution is -0.147. The molecule has 14 nitrogen and oxygen atoms in total. The molecule has 1 rings (SSSR count). The van der Waals surface area contributed by atoms with E-state index in [1.165, 1.54) is 6.92 Å². The van der Waals surface area contributed by atoms with Crippen molar-refractivity contribution in [3.63, 3.8) is 0 Å². The molecule has 0 aromatic heterocycles. The molecule has 36 heavy (non-hydrogen) atoms. The fourth-order valence-electron chi connectivity index (χ4n) is 3.06.